The van der Waals surface area contributed by atoms with Crippen LogP contribution < -0.4 is 15.7 Å². The predicted octanol–water partition coefficient (Wildman–Crippen LogP) is -0.777. The summed E-state index contributed by atoms with van der Waals surface area (Å²) in [5, 5.41) is 0. The van der Waals surface area contributed by atoms with Crippen molar-refractivity contribution in [3.8, 4) is 5.75 Å². The van der Waals surface area contributed by atoms with Crippen LogP contribution in [0.4, 0.5) is 0 Å². The number of primary amides is 1. The fourth-order valence-electron chi connectivity index (χ4n) is 1.16. The molecule has 94 valence electrons. The van der Waals surface area contributed by atoms with Gasteiger partial charge in [0.25, 0.3) is 0 Å². The van der Waals surface area contributed by atoms with Gasteiger partial charge in [-0.05, 0) is 24.1 Å². The number of amides is 1. The van der Waals surface area contributed by atoms with E-state index in [2.05, 4.69) is 4.18 Å². The molecule has 0 radical (unpaired) electrons. The van der Waals surface area contributed by atoms with Crippen LogP contribution in [0.1, 0.15) is 5.56 Å². The maximum Gasteiger partial charge on any atom is 0.446 e. The Hall–Kier alpha value is -1.64. The number of nitrogens with two attached hydrogens (primary N) is 2. The van der Waals surface area contributed by atoms with Gasteiger partial charge in [-0.25, -0.2) is 0 Å². The lowest BCUT2D eigenvalue weighted by Gasteiger charge is -2.07. The molecular weight excluding hydrogens is 248 g/mol. The molecule has 7 nitrogen and oxygen atoms in total. The smallest absolute Gasteiger partial charge is 0.368 e. The van der Waals surface area contributed by atoms with Crippen molar-refractivity contribution in [3.05, 3.63) is 29.8 Å². The fraction of sp³-hybridized carbons (Fsp3) is 0.222. The zero-order chi connectivity index (χ0) is 13.1. The van der Waals surface area contributed by atoms with Gasteiger partial charge in [0, 0.05) is 0 Å². The molecule has 0 fully saturated rings. The van der Waals surface area contributed by atoms with E-state index in [9.17, 15) is 13.2 Å². The fourth-order valence-corrected chi connectivity index (χ4v) is 1.51. The van der Waals surface area contributed by atoms with Crippen LogP contribution in [-0.2, 0) is 21.6 Å². The van der Waals surface area contributed by atoms with Gasteiger partial charge in [-0.15, -0.1) is 0 Å². The van der Waals surface area contributed by atoms with Gasteiger partial charge in [0.15, 0.2) is 0 Å². The molecule has 0 saturated heterocycles. The van der Waals surface area contributed by atoms with Crippen molar-refractivity contribution < 1.29 is 21.9 Å². The quantitative estimate of drug-likeness (QED) is 0.595. The van der Waals surface area contributed by atoms with Gasteiger partial charge in [0.2, 0.25) is 5.91 Å². The number of benzene rings is 1. The van der Waals surface area contributed by atoms with Crippen molar-refractivity contribution in [1.29, 1.82) is 0 Å². The van der Waals surface area contributed by atoms with Crippen LogP contribution in [0.5, 0.6) is 5.75 Å². The minimum Gasteiger partial charge on any atom is -0.368 e. The third kappa shape index (κ3) is 4.81. The summed E-state index contributed by atoms with van der Waals surface area (Å²) in [5.74, 6) is -0.660. The highest BCUT2D eigenvalue weighted by molar-refractivity contribution is 7.81. The summed E-state index contributed by atoms with van der Waals surface area (Å²) >= 11 is 0. The number of carbonyl (C=O) groups excluding carboxylic acids is 1. The number of rotatable bonds is 5. The second-order valence-electron chi connectivity index (χ2n) is 3.37. The molecule has 1 amide bonds. The highest BCUT2D eigenvalue weighted by Gasteiger charge is 2.11. The minimum absolute atomic E-state index is 0.0381. The van der Waals surface area contributed by atoms with Crippen molar-refractivity contribution >= 4 is 16.3 Å². The Morgan fingerprint density at radius 3 is 2.29 bits per heavy atom. The first-order chi connectivity index (χ1) is 7.78. The summed E-state index contributed by atoms with van der Waals surface area (Å²) in [7, 11) is -4.53. The summed E-state index contributed by atoms with van der Waals surface area (Å²) in [6, 6.07) is 4.89. The molecule has 5 N–H and O–H groups in total. The van der Waals surface area contributed by atoms with Crippen LogP contribution in [0.15, 0.2) is 24.3 Å². The molecule has 8 heteroatoms. The Labute approximate surface area is 98.3 Å². The largest absolute Gasteiger partial charge is 0.446 e. The molecule has 0 aliphatic carbocycles. The van der Waals surface area contributed by atoms with E-state index in [0.29, 0.717) is 5.56 Å². The minimum atomic E-state index is -4.53. The first-order valence-electron chi connectivity index (χ1n) is 4.58. The number of hydrogen-bond donors (Lipinski definition) is 3. The second kappa shape index (κ2) is 5.13. The van der Waals surface area contributed by atoms with Gasteiger partial charge in [-0.1, -0.05) is 12.1 Å². The predicted molar refractivity (Wildman–Crippen MR) is 59.5 cm³/mol. The van der Waals surface area contributed by atoms with Crippen molar-refractivity contribution in [2.24, 2.45) is 11.5 Å². The average molecular weight is 260 g/mol. The molecule has 0 bridgehead atoms. The van der Waals surface area contributed by atoms with E-state index in [1.807, 2.05) is 0 Å². The highest BCUT2D eigenvalue weighted by atomic mass is 32.3. The maximum absolute atomic E-state index is 10.7. The Morgan fingerprint density at radius 2 is 1.88 bits per heavy atom. The lowest BCUT2D eigenvalue weighted by Crippen LogP contribution is -2.38. The first kappa shape index (κ1) is 13.4. The highest BCUT2D eigenvalue weighted by Crippen LogP contribution is 2.14. The Bertz CT molecular complexity index is 497. The third-order valence-corrected chi connectivity index (χ3v) is 2.35. The van der Waals surface area contributed by atoms with E-state index < -0.39 is 22.3 Å². The number of carbonyl (C=O) groups is 1. The van der Waals surface area contributed by atoms with E-state index in [4.69, 9.17) is 16.0 Å². The molecule has 17 heavy (non-hydrogen) atoms. The molecule has 0 saturated carbocycles. The standard InChI is InChI=1S/C9H12N2O5S/c10-8(9(11)12)5-6-1-3-7(4-2-6)16-17(13,14)15/h1-4,8H,5,10H2,(H2,11,12)(H,13,14,15). The average Bonchev–Trinajstić information content (AvgIpc) is 2.18. The van der Waals surface area contributed by atoms with Crippen molar-refractivity contribution in [2.75, 3.05) is 0 Å². The summed E-state index contributed by atoms with van der Waals surface area (Å²) in [6.07, 6.45) is 0.238. The van der Waals surface area contributed by atoms with Crippen LogP contribution in [0.3, 0.4) is 0 Å². The van der Waals surface area contributed by atoms with E-state index >= 15 is 0 Å². The van der Waals surface area contributed by atoms with E-state index in [-0.39, 0.29) is 12.2 Å². The van der Waals surface area contributed by atoms with Gasteiger partial charge in [0.1, 0.15) is 5.75 Å². The van der Waals surface area contributed by atoms with Gasteiger partial charge in [0.05, 0.1) is 6.04 Å². The van der Waals surface area contributed by atoms with Crippen LogP contribution >= 0.6 is 0 Å². The van der Waals surface area contributed by atoms with Gasteiger partial charge in [-0.2, -0.15) is 8.42 Å². The molecule has 1 unspecified atom stereocenters. The molecule has 0 aliphatic rings. The molecule has 1 aromatic carbocycles. The van der Waals surface area contributed by atoms with E-state index in [0.717, 1.165) is 0 Å². The normalized spacial score (nSPS) is 13.1. The summed E-state index contributed by atoms with van der Waals surface area (Å²) in [4.78, 5) is 10.7. The summed E-state index contributed by atoms with van der Waals surface area (Å²) in [6.45, 7) is 0. The molecule has 0 aromatic heterocycles. The van der Waals surface area contributed by atoms with Crippen LogP contribution in [0, 0.1) is 0 Å². The summed E-state index contributed by atoms with van der Waals surface area (Å²) < 4.78 is 33.5. The van der Waals surface area contributed by atoms with Crippen molar-refractivity contribution in [2.45, 2.75) is 12.5 Å². The molecular formula is C9H12N2O5S. The van der Waals surface area contributed by atoms with E-state index in [1.54, 1.807) is 0 Å². The van der Waals surface area contributed by atoms with Crippen molar-refractivity contribution in [3.63, 3.8) is 0 Å². The Kier molecular flexibility index (Phi) is 4.05. The van der Waals surface area contributed by atoms with Gasteiger partial charge < -0.3 is 15.7 Å². The monoisotopic (exact) mass is 260 g/mol. The van der Waals surface area contributed by atoms with Crippen molar-refractivity contribution in [1.82, 2.24) is 0 Å². The SMILES string of the molecule is NC(=O)C(N)Cc1ccc(OS(=O)(=O)O)cc1. The molecule has 1 aromatic rings. The zero-order valence-electron chi connectivity index (χ0n) is 8.74. The summed E-state index contributed by atoms with van der Waals surface area (Å²) in [5.41, 5.74) is 11.1. The van der Waals surface area contributed by atoms with Crippen LogP contribution in [0.25, 0.3) is 0 Å². The van der Waals surface area contributed by atoms with Gasteiger partial charge >= 0.3 is 10.4 Å². The molecule has 0 aliphatic heterocycles. The third-order valence-electron chi connectivity index (χ3n) is 1.95. The van der Waals surface area contributed by atoms with Crippen LogP contribution in [0.2, 0.25) is 0 Å². The second-order valence-corrected chi connectivity index (χ2v) is 4.39. The Balaban J connectivity index is 2.72. The first-order valence-corrected chi connectivity index (χ1v) is 5.95. The lowest BCUT2D eigenvalue weighted by atomic mass is 10.1. The molecule has 1 atom stereocenters. The van der Waals surface area contributed by atoms with Crippen LogP contribution in [-0.4, -0.2) is 24.9 Å². The number of hydrogen-bond acceptors (Lipinski definition) is 5. The molecule has 0 spiro atoms. The van der Waals surface area contributed by atoms with Gasteiger partial charge in [-0.3, -0.25) is 9.35 Å². The topological polar surface area (TPSA) is 133 Å². The Morgan fingerprint density at radius 1 is 1.35 bits per heavy atom. The maximum atomic E-state index is 10.7. The lowest BCUT2D eigenvalue weighted by molar-refractivity contribution is -0.119. The zero-order valence-corrected chi connectivity index (χ0v) is 9.55. The molecule has 1 rings (SSSR count). The molecule has 0 heterocycles. The van der Waals surface area contributed by atoms with E-state index in [1.165, 1.54) is 24.3 Å².